The summed E-state index contributed by atoms with van der Waals surface area (Å²) in [5, 5.41) is 123. The van der Waals surface area contributed by atoms with E-state index in [1.54, 1.807) is 0 Å². The summed E-state index contributed by atoms with van der Waals surface area (Å²) in [7, 11) is 0. The third kappa shape index (κ3) is 9.97. The molecule has 4 aliphatic rings. The predicted octanol–water partition coefficient (Wildman–Crippen LogP) is -9.32. The molecule has 0 aromatic carbocycles. The molecule has 3 amide bonds. The monoisotopic (exact) mass is 789 g/mol. The molecule has 54 heavy (non-hydrogen) atoms. The Kier molecular flexibility index (Phi) is 15.8. The van der Waals surface area contributed by atoms with Crippen LogP contribution in [0.4, 0.5) is 0 Å². The largest absolute Gasteiger partial charge is 0.394 e. The number of hydrogen-bond acceptors (Lipinski definition) is 21. The second kappa shape index (κ2) is 19.2. The fraction of sp³-hybridized carbons (Fsp3) is 0.900. The fourth-order valence-electron chi connectivity index (χ4n) is 6.65. The molecule has 0 spiro atoms. The highest BCUT2D eigenvalue weighted by molar-refractivity contribution is 5.74. The van der Waals surface area contributed by atoms with Crippen molar-refractivity contribution in [2.45, 2.75) is 143 Å². The lowest BCUT2D eigenvalue weighted by Gasteiger charge is -2.49. The van der Waals surface area contributed by atoms with Gasteiger partial charge in [-0.3, -0.25) is 14.4 Å². The zero-order chi connectivity index (χ0) is 40.2. The van der Waals surface area contributed by atoms with Gasteiger partial charge in [-0.25, -0.2) is 0 Å². The van der Waals surface area contributed by atoms with Gasteiger partial charge in [-0.1, -0.05) is 0 Å². The van der Waals surface area contributed by atoms with Crippen LogP contribution >= 0.6 is 0 Å². The molecule has 0 bridgehead atoms. The maximum atomic E-state index is 12.2. The summed E-state index contributed by atoms with van der Waals surface area (Å²) in [6, 6.07) is -4.39. The van der Waals surface area contributed by atoms with Gasteiger partial charge in [0.2, 0.25) is 17.7 Å². The van der Waals surface area contributed by atoms with Gasteiger partial charge in [-0.05, 0) is 0 Å². The van der Waals surface area contributed by atoms with E-state index in [4.69, 9.17) is 33.2 Å². The molecule has 0 aromatic rings. The Morgan fingerprint density at radius 2 is 0.926 bits per heavy atom. The topological polar surface area (TPSA) is 374 Å². The Hall–Kier alpha value is -2.31. The summed E-state index contributed by atoms with van der Waals surface area (Å²) in [5.74, 6) is -2.03. The number of amides is 3. The molecule has 24 nitrogen and oxygen atoms in total. The summed E-state index contributed by atoms with van der Waals surface area (Å²) < 4.78 is 39.5. The number of aliphatic hydroxyl groups is 11. The van der Waals surface area contributed by atoms with Crippen LogP contribution in [0, 0.1) is 0 Å². The van der Waals surface area contributed by atoms with Gasteiger partial charge in [-0.15, -0.1) is 0 Å². The van der Waals surface area contributed by atoms with E-state index in [9.17, 15) is 70.6 Å². The molecule has 4 aliphatic heterocycles. The van der Waals surface area contributed by atoms with Crippen LogP contribution in [-0.2, 0) is 47.5 Å². The van der Waals surface area contributed by atoms with E-state index < -0.39 is 167 Å². The molecule has 0 radical (unpaired) electrons. The summed E-state index contributed by atoms with van der Waals surface area (Å²) >= 11 is 0. The van der Waals surface area contributed by atoms with Gasteiger partial charge in [0.15, 0.2) is 25.2 Å². The molecule has 24 heteroatoms. The van der Waals surface area contributed by atoms with E-state index in [2.05, 4.69) is 16.0 Å². The van der Waals surface area contributed by atoms with Gasteiger partial charge in [0.05, 0.1) is 26.4 Å². The molecular formula is C30H51N3O21. The molecule has 20 atom stereocenters. The highest BCUT2D eigenvalue weighted by atomic mass is 16.8. The molecule has 0 aromatic heterocycles. The number of nitrogens with one attached hydrogen (secondary N) is 3. The Labute approximate surface area is 307 Å². The van der Waals surface area contributed by atoms with Gasteiger partial charge in [0.1, 0.15) is 97.5 Å². The average Bonchev–Trinajstić information content (AvgIpc) is 3.11. The van der Waals surface area contributed by atoms with Gasteiger partial charge in [0, 0.05) is 20.8 Å². The first kappa shape index (κ1) is 44.4. The van der Waals surface area contributed by atoms with Crippen molar-refractivity contribution in [3.63, 3.8) is 0 Å². The van der Waals surface area contributed by atoms with Crippen LogP contribution in [0.2, 0.25) is 0 Å². The van der Waals surface area contributed by atoms with E-state index in [1.165, 1.54) is 0 Å². The average molecular weight is 790 g/mol. The van der Waals surface area contributed by atoms with E-state index >= 15 is 0 Å². The van der Waals surface area contributed by atoms with Crippen LogP contribution in [0.25, 0.3) is 0 Å². The second-order valence-electron chi connectivity index (χ2n) is 13.4. The highest BCUT2D eigenvalue weighted by Crippen LogP contribution is 2.33. The minimum Gasteiger partial charge on any atom is -0.394 e. The van der Waals surface area contributed by atoms with Crippen molar-refractivity contribution in [2.75, 3.05) is 26.4 Å². The second-order valence-corrected chi connectivity index (χ2v) is 13.4. The SMILES string of the molecule is CC(=O)N[C@H]1[C@H](OC[C@H]2OC(O)[C@H](NC(C)=O)[C@@H](O)[C@@H]2O)O[C@H](CO)[C@@H](O[C@@H]2O[C@H](CO)[C@H](O)[C@H](O[C@@H]3O[C@H](CO)[C@@H](O)[C@H](O)[C@H]3NC(C)=O)[C@H]2O)[C@@H]1O. The number of aliphatic hydroxyl groups excluding tert-OH is 11. The Morgan fingerprint density at radius 1 is 0.481 bits per heavy atom. The standard InChI is InChI=1S/C30H51N3O21/c1-8(37)31-15-21(43)19(41)14(49-27(15)47)7-48-28-17(33-10(3)39)23(45)25(13(6-36)52-28)53-30-24(46)26(20(42)12(5-35)51-30)54-29-16(32-9(2)38)22(44)18(40)11(4-34)50-29/h11-30,34-36,40-47H,4-7H2,1-3H3,(H,31,37)(H,32,38)(H,33,39)/t11-,12-,13-,14-,15-,16-,17-,18-,19-,20+,21-,22-,23-,24-,25-,26+,27?,28-,29+,30+/m1/s1. The zero-order valence-electron chi connectivity index (χ0n) is 29.4. The molecule has 0 aliphatic carbocycles. The zero-order valence-corrected chi connectivity index (χ0v) is 29.4. The number of ether oxygens (including phenoxy) is 7. The van der Waals surface area contributed by atoms with Crippen molar-refractivity contribution < 1.29 is 104 Å². The van der Waals surface area contributed by atoms with E-state index in [0.29, 0.717) is 0 Å². The van der Waals surface area contributed by atoms with Crippen molar-refractivity contribution in [2.24, 2.45) is 0 Å². The van der Waals surface area contributed by atoms with Crippen molar-refractivity contribution in [3.8, 4) is 0 Å². The molecule has 4 rings (SSSR count). The number of hydrogen-bond donors (Lipinski definition) is 14. The number of carbonyl (C=O) groups is 3. The normalized spacial score (nSPS) is 45.7. The summed E-state index contributed by atoms with van der Waals surface area (Å²) in [4.78, 5) is 35.5. The molecule has 1 unspecified atom stereocenters. The van der Waals surface area contributed by atoms with E-state index in [-0.39, 0.29) is 0 Å². The van der Waals surface area contributed by atoms with Crippen LogP contribution in [0.3, 0.4) is 0 Å². The minimum atomic E-state index is -2.02. The molecule has 4 heterocycles. The first-order valence-corrected chi connectivity index (χ1v) is 17.1. The van der Waals surface area contributed by atoms with Crippen LogP contribution in [-0.4, -0.2) is 223 Å². The Balaban J connectivity index is 1.52. The Bertz CT molecular complexity index is 1250. The lowest BCUT2D eigenvalue weighted by atomic mass is 9.94. The number of carbonyl (C=O) groups excluding carboxylic acids is 3. The predicted molar refractivity (Wildman–Crippen MR) is 169 cm³/mol. The first-order chi connectivity index (χ1) is 25.4. The molecule has 4 saturated heterocycles. The maximum absolute atomic E-state index is 12.2. The lowest BCUT2D eigenvalue weighted by molar-refractivity contribution is -0.370. The maximum Gasteiger partial charge on any atom is 0.217 e. The first-order valence-electron chi connectivity index (χ1n) is 17.1. The highest BCUT2D eigenvalue weighted by Gasteiger charge is 2.55. The summed E-state index contributed by atoms with van der Waals surface area (Å²) in [5.41, 5.74) is 0. The van der Waals surface area contributed by atoms with Gasteiger partial charge in [0.25, 0.3) is 0 Å². The molecule has 14 N–H and O–H groups in total. The number of rotatable bonds is 13. The summed E-state index contributed by atoms with van der Waals surface area (Å²) in [6.07, 6.45) is -29.0. The lowest BCUT2D eigenvalue weighted by Crippen LogP contribution is -2.69. The van der Waals surface area contributed by atoms with Crippen LogP contribution in [0.15, 0.2) is 0 Å². The smallest absolute Gasteiger partial charge is 0.217 e. The molecule has 0 saturated carbocycles. The van der Waals surface area contributed by atoms with Crippen LogP contribution in [0.5, 0.6) is 0 Å². The van der Waals surface area contributed by atoms with Gasteiger partial charge >= 0.3 is 0 Å². The van der Waals surface area contributed by atoms with Gasteiger partial charge < -0.3 is 105 Å². The summed E-state index contributed by atoms with van der Waals surface area (Å²) in [6.45, 7) is 0.0638. The molecule has 312 valence electrons. The third-order valence-corrected chi connectivity index (χ3v) is 9.39. The van der Waals surface area contributed by atoms with Crippen molar-refractivity contribution >= 4 is 17.7 Å². The molecule has 4 fully saturated rings. The third-order valence-electron chi connectivity index (χ3n) is 9.39. The van der Waals surface area contributed by atoms with Crippen molar-refractivity contribution in [1.82, 2.24) is 16.0 Å². The van der Waals surface area contributed by atoms with Gasteiger partial charge in [-0.2, -0.15) is 0 Å². The minimum absolute atomic E-state index is 0.624. The van der Waals surface area contributed by atoms with Crippen molar-refractivity contribution in [3.05, 3.63) is 0 Å². The van der Waals surface area contributed by atoms with E-state index in [1.807, 2.05) is 0 Å². The van der Waals surface area contributed by atoms with Crippen LogP contribution in [0.1, 0.15) is 20.8 Å². The molecular weight excluding hydrogens is 738 g/mol. The van der Waals surface area contributed by atoms with Crippen molar-refractivity contribution in [1.29, 1.82) is 0 Å². The quantitative estimate of drug-likeness (QED) is 0.0823. The fourth-order valence-corrected chi connectivity index (χ4v) is 6.65. The van der Waals surface area contributed by atoms with Crippen LogP contribution < -0.4 is 16.0 Å². The Morgan fingerprint density at radius 3 is 1.48 bits per heavy atom. The van der Waals surface area contributed by atoms with E-state index in [0.717, 1.165) is 20.8 Å².